The number of benzene rings is 1. The summed E-state index contributed by atoms with van der Waals surface area (Å²) >= 11 is 0. The first-order valence-electron chi connectivity index (χ1n) is 11.2. The minimum absolute atomic E-state index is 0. The number of hydrogen-bond donors (Lipinski definition) is 2. The number of halogens is 2. The maximum Gasteiger partial charge on any atom is 0.191 e. The van der Waals surface area contributed by atoms with Gasteiger partial charge in [0.15, 0.2) is 5.96 Å². The third-order valence-electron chi connectivity index (χ3n) is 6.24. The molecular formula is C23H39FIN5. The van der Waals surface area contributed by atoms with Crippen molar-refractivity contribution in [3.05, 3.63) is 35.1 Å². The monoisotopic (exact) mass is 531 g/mol. The van der Waals surface area contributed by atoms with Gasteiger partial charge in [-0.3, -0.25) is 4.99 Å². The first-order chi connectivity index (χ1) is 14.0. The normalized spacial score (nSPS) is 19.6. The molecule has 1 aromatic carbocycles. The Balaban J connectivity index is 0.00000320. The van der Waals surface area contributed by atoms with Gasteiger partial charge in [0.05, 0.1) is 0 Å². The van der Waals surface area contributed by atoms with Crippen LogP contribution in [0.4, 0.5) is 4.39 Å². The van der Waals surface area contributed by atoms with Gasteiger partial charge in [0.25, 0.3) is 0 Å². The molecule has 1 aliphatic carbocycles. The van der Waals surface area contributed by atoms with Crippen LogP contribution in [0.3, 0.4) is 0 Å². The van der Waals surface area contributed by atoms with Crippen molar-refractivity contribution in [1.82, 2.24) is 20.4 Å². The van der Waals surface area contributed by atoms with Crippen LogP contribution in [0.15, 0.2) is 23.2 Å². The molecule has 1 saturated carbocycles. The van der Waals surface area contributed by atoms with Gasteiger partial charge >= 0.3 is 0 Å². The molecule has 0 aromatic heterocycles. The quantitative estimate of drug-likeness (QED) is 0.332. The van der Waals surface area contributed by atoms with Crippen molar-refractivity contribution in [3.8, 4) is 0 Å². The molecule has 1 aliphatic heterocycles. The maximum atomic E-state index is 14.0. The smallest absolute Gasteiger partial charge is 0.191 e. The van der Waals surface area contributed by atoms with Crippen LogP contribution in [0.5, 0.6) is 0 Å². The summed E-state index contributed by atoms with van der Waals surface area (Å²) in [5.41, 5.74) is 1.80. The Kier molecular flexibility index (Phi) is 10.8. The summed E-state index contributed by atoms with van der Waals surface area (Å²) in [5, 5.41) is 6.98. The lowest BCUT2D eigenvalue weighted by molar-refractivity contribution is 0.119. The molecule has 2 fully saturated rings. The van der Waals surface area contributed by atoms with Crippen molar-refractivity contribution in [2.24, 2.45) is 4.99 Å². The Hall–Kier alpha value is -0.930. The number of piperidine rings is 1. The second kappa shape index (κ2) is 12.8. The van der Waals surface area contributed by atoms with Gasteiger partial charge in [0.1, 0.15) is 5.82 Å². The summed E-state index contributed by atoms with van der Waals surface area (Å²) in [6, 6.07) is 6.64. The average molecular weight is 532 g/mol. The zero-order valence-electron chi connectivity index (χ0n) is 18.8. The zero-order valence-corrected chi connectivity index (χ0v) is 21.1. The van der Waals surface area contributed by atoms with Crippen LogP contribution in [-0.4, -0.2) is 62.1 Å². The van der Waals surface area contributed by atoms with Crippen LogP contribution in [0.1, 0.15) is 56.1 Å². The fourth-order valence-electron chi connectivity index (χ4n) is 4.63. The number of guanidine groups is 1. The lowest BCUT2D eigenvalue weighted by Crippen LogP contribution is -2.50. The Bertz CT molecular complexity index is 668. The molecule has 0 unspecified atom stereocenters. The molecular weight excluding hydrogens is 492 g/mol. The zero-order chi connectivity index (χ0) is 20.6. The molecule has 7 heteroatoms. The summed E-state index contributed by atoms with van der Waals surface area (Å²) in [5.74, 6) is 0.689. The predicted octanol–water partition coefficient (Wildman–Crippen LogP) is 3.97. The van der Waals surface area contributed by atoms with E-state index in [1.54, 1.807) is 6.07 Å². The highest BCUT2D eigenvalue weighted by molar-refractivity contribution is 14.0. The van der Waals surface area contributed by atoms with Crippen LogP contribution < -0.4 is 10.6 Å². The van der Waals surface area contributed by atoms with E-state index in [1.807, 2.05) is 38.2 Å². The van der Waals surface area contributed by atoms with Crippen LogP contribution in [0, 0.1) is 5.82 Å². The van der Waals surface area contributed by atoms with E-state index in [0.29, 0.717) is 19.1 Å². The lowest BCUT2D eigenvalue weighted by Gasteiger charge is -2.39. The highest BCUT2D eigenvalue weighted by atomic mass is 127. The first-order valence-corrected chi connectivity index (χ1v) is 11.2. The topological polar surface area (TPSA) is 42.9 Å². The second-order valence-corrected chi connectivity index (χ2v) is 8.84. The molecule has 5 nitrogen and oxygen atoms in total. The van der Waals surface area contributed by atoms with Crippen molar-refractivity contribution < 1.29 is 4.39 Å². The average Bonchev–Trinajstić information content (AvgIpc) is 2.74. The van der Waals surface area contributed by atoms with Crippen molar-refractivity contribution in [1.29, 1.82) is 0 Å². The Morgan fingerprint density at radius 3 is 2.47 bits per heavy atom. The molecule has 170 valence electrons. The highest BCUT2D eigenvalue weighted by Crippen LogP contribution is 2.25. The fraction of sp³-hybridized carbons (Fsp3) is 0.696. The van der Waals surface area contributed by atoms with Gasteiger partial charge in [0, 0.05) is 50.9 Å². The van der Waals surface area contributed by atoms with E-state index in [0.717, 1.165) is 23.1 Å². The van der Waals surface area contributed by atoms with Gasteiger partial charge in [0.2, 0.25) is 0 Å². The summed E-state index contributed by atoms with van der Waals surface area (Å²) in [6.45, 7) is 3.61. The Morgan fingerprint density at radius 1 is 1.13 bits per heavy atom. The number of aliphatic imine (C=N–C) groups is 1. The maximum absolute atomic E-state index is 14.0. The van der Waals surface area contributed by atoms with Crippen molar-refractivity contribution >= 4 is 29.9 Å². The highest BCUT2D eigenvalue weighted by Gasteiger charge is 2.26. The number of nitrogens with one attached hydrogen (secondary N) is 2. The van der Waals surface area contributed by atoms with Crippen LogP contribution in [0.25, 0.3) is 0 Å². The Labute approximate surface area is 198 Å². The van der Waals surface area contributed by atoms with Crippen molar-refractivity contribution in [2.75, 3.05) is 34.2 Å². The van der Waals surface area contributed by atoms with E-state index in [-0.39, 0.29) is 29.8 Å². The molecule has 30 heavy (non-hydrogen) atoms. The molecule has 1 heterocycles. The predicted molar refractivity (Wildman–Crippen MR) is 134 cm³/mol. The summed E-state index contributed by atoms with van der Waals surface area (Å²) in [7, 11) is 5.72. The van der Waals surface area contributed by atoms with E-state index < -0.39 is 0 Å². The summed E-state index contributed by atoms with van der Waals surface area (Å²) < 4.78 is 14.0. The SMILES string of the molecule is CN=C(NCc1ccc(F)c(CN(C)C)c1)NC1CCN(C2CCCCC2)CC1.I. The third-order valence-corrected chi connectivity index (χ3v) is 6.24. The largest absolute Gasteiger partial charge is 0.354 e. The van der Waals surface area contributed by atoms with Crippen molar-refractivity contribution in [2.45, 2.75) is 70.1 Å². The van der Waals surface area contributed by atoms with E-state index in [4.69, 9.17) is 0 Å². The van der Waals surface area contributed by atoms with E-state index >= 15 is 0 Å². The number of nitrogens with zero attached hydrogens (tertiary/aromatic N) is 3. The van der Waals surface area contributed by atoms with Gasteiger partial charge < -0.3 is 20.4 Å². The lowest BCUT2D eigenvalue weighted by atomic mass is 9.92. The number of rotatable bonds is 6. The molecule has 2 aliphatic rings. The van der Waals surface area contributed by atoms with Gasteiger partial charge in [-0.15, -0.1) is 24.0 Å². The van der Waals surface area contributed by atoms with E-state index in [1.165, 1.54) is 58.0 Å². The minimum Gasteiger partial charge on any atom is -0.354 e. The molecule has 1 saturated heterocycles. The Morgan fingerprint density at radius 2 is 1.83 bits per heavy atom. The van der Waals surface area contributed by atoms with Crippen LogP contribution in [-0.2, 0) is 13.1 Å². The number of likely N-dealkylation sites (tertiary alicyclic amines) is 1. The molecule has 0 atom stereocenters. The van der Waals surface area contributed by atoms with Crippen LogP contribution in [0.2, 0.25) is 0 Å². The summed E-state index contributed by atoms with van der Waals surface area (Å²) in [6.07, 6.45) is 9.32. The molecule has 1 aromatic rings. The van der Waals surface area contributed by atoms with E-state index in [9.17, 15) is 4.39 Å². The molecule has 3 rings (SSSR count). The molecule has 0 amide bonds. The first kappa shape index (κ1) is 25.3. The number of hydrogen-bond acceptors (Lipinski definition) is 3. The molecule has 0 radical (unpaired) electrons. The third kappa shape index (κ3) is 7.64. The fourth-order valence-corrected chi connectivity index (χ4v) is 4.63. The van der Waals surface area contributed by atoms with Gasteiger partial charge in [-0.2, -0.15) is 0 Å². The van der Waals surface area contributed by atoms with E-state index in [2.05, 4.69) is 20.5 Å². The van der Waals surface area contributed by atoms with Crippen molar-refractivity contribution in [3.63, 3.8) is 0 Å². The summed E-state index contributed by atoms with van der Waals surface area (Å²) in [4.78, 5) is 9.08. The standard InChI is InChI=1S/C23H38FN5.HI/c1-25-23(26-16-18-9-10-22(24)19(15-18)17-28(2)3)27-20-11-13-29(14-12-20)21-7-5-4-6-8-21;/h9-10,15,20-21H,4-8,11-14,16-17H2,1-3H3,(H2,25,26,27);1H. The molecule has 0 spiro atoms. The van der Waals surface area contributed by atoms with Gasteiger partial charge in [-0.05, 0) is 57.5 Å². The molecule has 2 N–H and O–H groups in total. The molecule has 0 bridgehead atoms. The second-order valence-electron chi connectivity index (χ2n) is 8.84. The van der Waals surface area contributed by atoms with Crippen LogP contribution >= 0.6 is 24.0 Å². The van der Waals surface area contributed by atoms with Gasteiger partial charge in [-0.25, -0.2) is 4.39 Å². The minimum atomic E-state index is -0.144. The van der Waals surface area contributed by atoms with Gasteiger partial charge in [-0.1, -0.05) is 25.3 Å².